The molecule has 114 valence electrons. The van der Waals surface area contributed by atoms with Crippen molar-refractivity contribution < 1.29 is 23.0 Å². The first-order chi connectivity index (χ1) is 8.98. The average molecular weight is 290 g/mol. The number of aliphatic hydroxyl groups is 1. The third-order valence-corrected chi connectivity index (χ3v) is 3.31. The predicted molar refractivity (Wildman–Crippen MR) is 71.4 cm³/mol. The van der Waals surface area contributed by atoms with Gasteiger partial charge in [-0.15, -0.1) is 0 Å². The maximum atomic E-state index is 12.6. The van der Waals surface area contributed by atoms with Crippen molar-refractivity contribution in [2.75, 3.05) is 7.11 Å². The zero-order valence-corrected chi connectivity index (χ0v) is 12.4. The van der Waals surface area contributed by atoms with Crippen LogP contribution in [0.1, 0.15) is 43.6 Å². The zero-order valence-electron chi connectivity index (χ0n) is 12.4. The molecular weight excluding hydrogens is 269 g/mol. The van der Waals surface area contributed by atoms with Gasteiger partial charge in [0.05, 0.1) is 11.7 Å². The number of hydrogen-bond acceptors (Lipinski definition) is 2. The van der Waals surface area contributed by atoms with E-state index >= 15 is 0 Å². The number of methoxy groups -OCH3 is 1. The van der Waals surface area contributed by atoms with Crippen molar-refractivity contribution in [3.63, 3.8) is 0 Å². The van der Waals surface area contributed by atoms with Crippen molar-refractivity contribution in [1.82, 2.24) is 0 Å². The van der Waals surface area contributed by atoms with Crippen molar-refractivity contribution in [2.45, 2.75) is 46.1 Å². The lowest BCUT2D eigenvalue weighted by Crippen LogP contribution is -2.34. The highest BCUT2D eigenvalue weighted by atomic mass is 19.4. The molecule has 5 heteroatoms. The summed E-state index contributed by atoms with van der Waals surface area (Å²) in [6, 6.07) is 3.36. The monoisotopic (exact) mass is 290 g/mol. The van der Waals surface area contributed by atoms with E-state index in [4.69, 9.17) is 4.74 Å². The van der Waals surface area contributed by atoms with Crippen LogP contribution >= 0.6 is 0 Å². The molecule has 0 bridgehead atoms. The molecule has 0 aliphatic heterocycles. The van der Waals surface area contributed by atoms with Gasteiger partial charge in [-0.25, -0.2) is 0 Å². The van der Waals surface area contributed by atoms with Gasteiger partial charge >= 0.3 is 6.18 Å². The van der Waals surface area contributed by atoms with E-state index in [-0.39, 0.29) is 5.41 Å². The molecule has 1 N–H and O–H groups in total. The van der Waals surface area contributed by atoms with Gasteiger partial charge in [-0.1, -0.05) is 26.8 Å². The number of alkyl halides is 3. The molecule has 2 unspecified atom stereocenters. The standard InChI is InChI=1S/C15H21F3O2/c1-9-8-10(15(16,17)18)6-7-11(9)12(19)13(20-5)14(2,3)4/h6-8,12-13,19H,1-5H3. The Kier molecular flexibility index (Phi) is 4.87. The topological polar surface area (TPSA) is 29.5 Å². The van der Waals surface area contributed by atoms with Gasteiger partial charge in [-0.3, -0.25) is 0 Å². The number of ether oxygens (including phenoxy) is 1. The summed E-state index contributed by atoms with van der Waals surface area (Å²) < 4.78 is 43.2. The minimum Gasteiger partial charge on any atom is -0.386 e. The van der Waals surface area contributed by atoms with Crippen LogP contribution in [0.4, 0.5) is 13.2 Å². The van der Waals surface area contributed by atoms with Crippen molar-refractivity contribution in [1.29, 1.82) is 0 Å². The van der Waals surface area contributed by atoms with Crippen molar-refractivity contribution in [3.8, 4) is 0 Å². The fourth-order valence-corrected chi connectivity index (χ4v) is 2.30. The summed E-state index contributed by atoms with van der Waals surface area (Å²) in [5.41, 5.74) is -0.183. The number of halogens is 3. The molecule has 1 aromatic rings. The molecule has 0 fully saturated rings. The summed E-state index contributed by atoms with van der Waals surface area (Å²) in [5, 5.41) is 10.4. The molecule has 0 aliphatic rings. The third-order valence-electron chi connectivity index (χ3n) is 3.31. The summed E-state index contributed by atoms with van der Waals surface area (Å²) in [6.07, 6.45) is -5.85. The molecule has 0 heterocycles. The summed E-state index contributed by atoms with van der Waals surface area (Å²) in [4.78, 5) is 0. The second-order valence-corrected chi connectivity index (χ2v) is 6.04. The second-order valence-electron chi connectivity index (χ2n) is 6.04. The molecule has 0 spiro atoms. The number of rotatable bonds is 3. The van der Waals surface area contributed by atoms with E-state index in [0.29, 0.717) is 11.1 Å². The van der Waals surface area contributed by atoms with Crippen LogP contribution < -0.4 is 0 Å². The Balaban J connectivity index is 3.15. The van der Waals surface area contributed by atoms with E-state index in [9.17, 15) is 18.3 Å². The van der Waals surface area contributed by atoms with Gasteiger partial charge in [0.1, 0.15) is 6.10 Å². The summed E-state index contributed by atoms with van der Waals surface area (Å²) >= 11 is 0. The molecule has 0 saturated carbocycles. The summed E-state index contributed by atoms with van der Waals surface area (Å²) in [5.74, 6) is 0. The van der Waals surface area contributed by atoms with E-state index < -0.39 is 23.9 Å². The van der Waals surface area contributed by atoms with E-state index in [1.54, 1.807) is 6.92 Å². The lowest BCUT2D eigenvalue weighted by Gasteiger charge is -2.34. The molecule has 0 radical (unpaired) electrons. The largest absolute Gasteiger partial charge is 0.416 e. The first kappa shape index (κ1) is 17.0. The lowest BCUT2D eigenvalue weighted by atomic mass is 9.82. The van der Waals surface area contributed by atoms with Crippen LogP contribution in [0.5, 0.6) is 0 Å². The minimum absolute atomic E-state index is 0.330. The molecule has 0 amide bonds. The predicted octanol–water partition coefficient (Wildman–Crippen LogP) is 4.11. The first-order valence-electron chi connectivity index (χ1n) is 6.37. The van der Waals surface area contributed by atoms with Crippen LogP contribution in [0, 0.1) is 12.3 Å². The fourth-order valence-electron chi connectivity index (χ4n) is 2.30. The third kappa shape index (κ3) is 3.73. The Morgan fingerprint density at radius 1 is 1.15 bits per heavy atom. The van der Waals surface area contributed by atoms with E-state index in [1.165, 1.54) is 13.2 Å². The molecule has 20 heavy (non-hydrogen) atoms. The smallest absolute Gasteiger partial charge is 0.386 e. The van der Waals surface area contributed by atoms with Crippen molar-refractivity contribution >= 4 is 0 Å². The van der Waals surface area contributed by atoms with Gasteiger partial charge in [0.25, 0.3) is 0 Å². The van der Waals surface area contributed by atoms with Crippen molar-refractivity contribution in [2.24, 2.45) is 5.41 Å². The number of benzene rings is 1. The maximum absolute atomic E-state index is 12.6. The number of hydrogen-bond donors (Lipinski definition) is 1. The van der Waals surface area contributed by atoms with Crippen LogP contribution in [0.15, 0.2) is 18.2 Å². The van der Waals surface area contributed by atoms with E-state index in [1.807, 2.05) is 20.8 Å². The normalized spacial score (nSPS) is 16.1. The molecule has 2 nitrogen and oxygen atoms in total. The van der Waals surface area contributed by atoms with Crippen LogP contribution in [0.2, 0.25) is 0 Å². The number of aliphatic hydroxyl groups excluding tert-OH is 1. The summed E-state index contributed by atoms with van der Waals surface area (Å²) in [6.45, 7) is 7.28. The molecule has 2 atom stereocenters. The van der Waals surface area contributed by atoms with Gasteiger partial charge in [-0.05, 0) is 35.6 Å². The van der Waals surface area contributed by atoms with Gasteiger partial charge in [-0.2, -0.15) is 13.2 Å². The van der Waals surface area contributed by atoms with Gasteiger partial charge in [0, 0.05) is 7.11 Å². The highest BCUT2D eigenvalue weighted by Crippen LogP contribution is 2.36. The van der Waals surface area contributed by atoms with Crippen LogP contribution in [-0.2, 0) is 10.9 Å². The van der Waals surface area contributed by atoms with Crippen LogP contribution in [0.25, 0.3) is 0 Å². The van der Waals surface area contributed by atoms with Crippen LogP contribution in [-0.4, -0.2) is 18.3 Å². The first-order valence-corrected chi connectivity index (χ1v) is 6.37. The van der Waals surface area contributed by atoms with Crippen molar-refractivity contribution in [3.05, 3.63) is 34.9 Å². The second kappa shape index (κ2) is 5.74. The minimum atomic E-state index is -4.38. The Morgan fingerprint density at radius 3 is 2.05 bits per heavy atom. The molecule has 1 rings (SSSR count). The zero-order chi connectivity index (χ0) is 15.7. The van der Waals surface area contributed by atoms with E-state index in [2.05, 4.69) is 0 Å². The Labute approximate surface area is 117 Å². The SMILES string of the molecule is COC(C(O)c1ccc(C(F)(F)F)cc1C)C(C)(C)C. The molecule has 0 aliphatic carbocycles. The average Bonchev–Trinajstić information content (AvgIpc) is 2.26. The van der Waals surface area contributed by atoms with Crippen LogP contribution in [0.3, 0.4) is 0 Å². The lowest BCUT2D eigenvalue weighted by molar-refractivity contribution is -0.137. The van der Waals surface area contributed by atoms with E-state index in [0.717, 1.165) is 12.1 Å². The molecule has 1 aromatic carbocycles. The quantitative estimate of drug-likeness (QED) is 0.908. The summed E-state index contributed by atoms with van der Waals surface area (Å²) in [7, 11) is 1.48. The molecule has 0 aromatic heterocycles. The Hall–Kier alpha value is -1.07. The Morgan fingerprint density at radius 2 is 1.70 bits per heavy atom. The van der Waals surface area contributed by atoms with Gasteiger partial charge in [0.2, 0.25) is 0 Å². The molecular formula is C15H21F3O2. The highest BCUT2D eigenvalue weighted by Gasteiger charge is 2.35. The Bertz CT molecular complexity index is 461. The highest BCUT2D eigenvalue weighted by molar-refractivity contribution is 5.34. The number of aryl methyl sites for hydroxylation is 1. The maximum Gasteiger partial charge on any atom is 0.416 e. The fraction of sp³-hybridized carbons (Fsp3) is 0.600. The van der Waals surface area contributed by atoms with Gasteiger partial charge < -0.3 is 9.84 Å². The van der Waals surface area contributed by atoms with Gasteiger partial charge in [0.15, 0.2) is 0 Å². The molecule has 0 saturated heterocycles.